The van der Waals surface area contributed by atoms with Crippen LogP contribution in [0.15, 0.2) is 48.8 Å². The van der Waals surface area contributed by atoms with Gasteiger partial charge in [-0.3, -0.25) is 9.78 Å². The number of pyridine rings is 1. The molecule has 1 aromatic heterocycles. The van der Waals surface area contributed by atoms with Gasteiger partial charge in [-0.05, 0) is 43.9 Å². The first-order valence-electron chi connectivity index (χ1n) is 6.10. The van der Waals surface area contributed by atoms with Crippen LogP contribution in [-0.4, -0.2) is 29.9 Å². The Morgan fingerprint density at radius 1 is 1.21 bits per heavy atom. The highest BCUT2D eigenvalue weighted by atomic mass is 16.1. The summed E-state index contributed by atoms with van der Waals surface area (Å²) in [6.07, 6.45) is 3.20. The van der Waals surface area contributed by atoms with Gasteiger partial charge in [0.15, 0.2) is 0 Å². The van der Waals surface area contributed by atoms with E-state index in [1.165, 1.54) is 5.56 Å². The number of hydrogen-bond acceptors (Lipinski definition) is 3. The van der Waals surface area contributed by atoms with Gasteiger partial charge in [0.1, 0.15) is 0 Å². The summed E-state index contributed by atoms with van der Waals surface area (Å²) in [7, 11) is 4.05. The number of anilines is 1. The number of nitrogens with zero attached hydrogens (tertiary/aromatic N) is 2. The van der Waals surface area contributed by atoms with Gasteiger partial charge in [0.25, 0.3) is 5.91 Å². The predicted molar refractivity (Wildman–Crippen MR) is 76.0 cm³/mol. The molecule has 0 atom stereocenters. The lowest BCUT2D eigenvalue weighted by molar-refractivity contribution is 0.102. The summed E-state index contributed by atoms with van der Waals surface area (Å²) >= 11 is 0. The van der Waals surface area contributed by atoms with Gasteiger partial charge in [0, 0.05) is 24.6 Å². The molecular weight excluding hydrogens is 238 g/mol. The van der Waals surface area contributed by atoms with E-state index in [4.69, 9.17) is 0 Å². The normalized spacial score (nSPS) is 10.5. The second-order valence-electron chi connectivity index (χ2n) is 4.63. The standard InChI is InChI=1S/C15H17N3O/c1-18(2)11-12-5-7-14(8-6-12)17-15(19)13-4-3-9-16-10-13/h3-10H,11H2,1-2H3,(H,17,19). The fraction of sp³-hybridized carbons (Fsp3) is 0.200. The van der Waals surface area contributed by atoms with E-state index in [0.29, 0.717) is 5.56 Å². The van der Waals surface area contributed by atoms with Crippen LogP contribution >= 0.6 is 0 Å². The van der Waals surface area contributed by atoms with E-state index in [1.54, 1.807) is 24.5 Å². The van der Waals surface area contributed by atoms with E-state index in [2.05, 4.69) is 15.2 Å². The number of carbonyl (C=O) groups excluding carboxylic acids is 1. The van der Waals surface area contributed by atoms with Crippen LogP contribution in [0.25, 0.3) is 0 Å². The van der Waals surface area contributed by atoms with Crippen molar-refractivity contribution in [1.29, 1.82) is 0 Å². The Morgan fingerprint density at radius 2 is 1.95 bits per heavy atom. The van der Waals surface area contributed by atoms with Crippen molar-refractivity contribution in [2.75, 3.05) is 19.4 Å². The minimum absolute atomic E-state index is 0.145. The van der Waals surface area contributed by atoms with Gasteiger partial charge in [-0.15, -0.1) is 0 Å². The molecule has 0 radical (unpaired) electrons. The molecule has 1 aromatic carbocycles. The van der Waals surface area contributed by atoms with Crippen molar-refractivity contribution in [1.82, 2.24) is 9.88 Å². The lowest BCUT2D eigenvalue weighted by Gasteiger charge is -2.10. The van der Waals surface area contributed by atoms with Gasteiger partial charge < -0.3 is 10.2 Å². The van der Waals surface area contributed by atoms with Crippen molar-refractivity contribution in [3.8, 4) is 0 Å². The molecule has 98 valence electrons. The quantitative estimate of drug-likeness (QED) is 0.912. The maximum atomic E-state index is 11.9. The molecule has 0 aliphatic carbocycles. The molecule has 2 rings (SSSR count). The highest BCUT2D eigenvalue weighted by molar-refractivity contribution is 6.03. The number of nitrogens with one attached hydrogen (secondary N) is 1. The Kier molecular flexibility index (Phi) is 4.26. The average Bonchev–Trinajstić information content (AvgIpc) is 2.41. The zero-order valence-corrected chi connectivity index (χ0v) is 11.1. The van der Waals surface area contributed by atoms with Crippen molar-refractivity contribution in [2.45, 2.75) is 6.54 Å². The molecule has 1 heterocycles. The minimum atomic E-state index is -0.145. The molecule has 0 bridgehead atoms. The second-order valence-corrected chi connectivity index (χ2v) is 4.63. The lowest BCUT2D eigenvalue weighted by atomic mass is 10.2. The number of amides is 1. The zero-order chi connectivity index (χ0) is 13.7. The summed E-state index contributed by atoms with van der Waals surface area (Å²) in [6.45, 7) is 0.886. The molecule has 19 heavy (non-hydrogen) atoms. The van der Waals surface area contributed by atoms with Gasteiger partial charge in [-0.2, -0.15) is 0 Å². The largest absolute Gasteiger partial charge is 0.322 e. The molecule has 2 aromatic rings. The highest BCUT2D eigenvalue weighted by Crippen LogP contribution is 2.12. The summed E-state index contributed by atoms with van der Waals surface area (Å²) in [4.78, 5) is 17.9. The number of benzene rings is 1. The summed E-state index contributed by atoms with van der Waals surface area (Å²) in [5.41, 5.74) is 2.56. The van der Waals surface area contributed by atoms with Crippen LogP contribution in [0.1, 0.15) is 15.9 Å². The predicted octanol–water partition coefficient (Wildman–Crippen LogP) is 2.40. The summed E-state index contributed by atoms with van der Waals surface area (Å²) in [5, 5.41) is 2.85. The third-order valence-electron chi connectivity index (χ3n) is 2.63. The topological polar surface area (TPSA) is 45.2 Å². The Hall–Kier alpha value is -2.20. The maximum absolute atomic E-state index is 11.9. The fourth-order valence-electron chi connectivity index (χ4n) is 1.76. The number of rotatable bonds is 4. The number of carbonyl (C=O) groups is 1. The maximum Gasteiger partial charge on any atom is 0.257 e. The van der Waals surface area contributed by atoms with E-state index in [9.17, 15) is 4.79 Å². The van der Waals surface area contributed by atoms with Crippen molar-refractivity contribution in [2.24, 2.45) is 0 Å². The van der Waals surface area contributed by atoms with Crippen LogP contribution < -0.4 is 5.32 Å². The van der Waals surface area contributed by atoms with E-state index in [0.717, 1.165) is 12.2 Å². The summed E-state index contributed by atoms with van der Waals surface area (Å²) in [6, 6.07) is 11.3. The molecule has 0 saturated carbocycles. The first-order valence-corrected chi connectivity index (χ1v) is 6.10. The van der Waals surface area contributed by atoms with Crippen molar-refractivity contribution in [3.63, 3.8) is 0 Å². The molecule has 0 saturated heterocycles. The third kappa shape index (κ3) is 3.89. The average molecular weight is 255 g/mol. The van der Waals surface area contributed by atoms with Crippen LogP contribution in [0, 0.1) is 0 Å². The van der Waals surface area contributed by atoms with Crippen molar-refractivity contribution in [3.05, 3.63) is 59.9 Å². The minimum Gasteiger partial charge on any atom is -0.322 e. The van der Waals surface area contributed by atoms with Crippen LogP contribution in [0.5, 0.6) is 0 Å². The number of hydrogen-bond donors (Lipinski definition) is 1. The molecule has 0 fully saturated rings. The molecule has 4 heteroatoms. The Bertz CT molecular complexity index is 535. The lowest BCUT2D eigenvalue weighted by Crippen LogP contribution is -2.13. The van der Waals surface area contributed by atoms with Crippen LogP contribution in [0.3, 0.4) is 0 Å². The van der Waals surface area contributed by atoms with E-state index in [-0.39, 0.29) is 5.91 Å². The highest BCUT2D eigenvalue weighted by Gasteiger charge is 2.05. The van der Waals surface area contributed by atoms with Crippen LogP contribution in [0.2, 0.25) is 0 Å². The summed E-state index contributed by atoms with van der Waals surface area (Å²) in [5.74, 6) is -0.145. The molecule has 0 aliphatic heterocycles. The van der Waals surface area contributed by atoms with Gasteiger partial charge >= 0.3 is 0 Å². The van der Waals surface area contributed by atoms with Crippen LogP contribution in [-0.2, 0) is 6.54 Å². The third-order valence-corrected chi connectivity index (χ3v) is 2.63. The Labute approximate surface area is 113 Å². The fourth-order valence-corrected chi connectivity index (χ4v) is 1.76. The monoisotopic (exact) mass is 255 g/mol. The summed E-state index contributed by atoms with van der Waals surface area (Å²) < 4.78 is 0. The smallest absolute Gasteiger partial charge is 0.257 e. The van der Waals surface area contributed by atoms with Crippen molar-refractivity contribution >= 4 is 11.6 Å². The van der Waals surface area contributed by atoms with E-state index < -0.39 is 0 Å². The first kappa shape index (κ1) is 13.2. The van der Waals surface area contributed by atoms with Crippen LogP contribution in [0.4, 0.5) is 5.69 Å². The Morgan fingerprint density at radius 3 is 2.53 bits per heavy atom. The zero-order valence-electron chi connectivity index (χ0n) is 11.1. The van der Waals surface area contributed by atoms with Gasteiger partial charge in [-0.1, -0.05) is 12.1 Å². The molecule has 4 nitrogen and oxygen atoms in total. The van der Waals surface area contributed by atoms with E-state index >= 15 is 0 Å². The Balaban J connectivity index is 2.02. The van der Waals surface area contributed by atoms with Gasteiger partial charge in [0.05, 0.1) is 5.56 Å². The molecule has 0 spiro atoms. The number of aromatic nitrogens is 1. The first-order chi connectivity index (χ1) is 9.15. The second kappa shape index (κ2) is 6.11. The van der Waals surface area contributed by atoms with Gasteiger partial charge in [-0.25, -0.2) is 0 Å². The SMILES string of the molecule is CN(C)Cc1ccc(NC(=O)c2cccnc2)cc1. The van der Waals surface area contributed by atoms with Crippen molar-refractivity contribution < 1.29 is 4.79 Å². The van der Waals surface area contributed by atoms with E-state index in [1.807, 2.05) is 38.4 Å². The molecule has 0 aliphatic rings. The molecular formula is C15H17N3O. The van der Waals surface area contributed by atoms with Gasteiger partial charge in [0.2, 0.25) is 0 Å². The molecule has 0 unspecified atom stereocenters. The molecule has 1 N–H and O–H groups in total. The molecule has 1 amide bonds.